The average molecular weight is 311 g/mol. The largest absolute Gasteiger partial charge is 0.355 e. The van der Waals surface area contributed by atoms with Crippen molar-refractivity contribution in [2.45, 2.75) is 58.8 Å². The van der Waals surface area contributed by atoms with Crippen molar-refractivity contribution < 1.29 is 9.59 Å². The minimum atomic E-state index is 0.101. The molecule has 1 aliphatic heterocycles. The molecular weight excluding hydrogens is 278 g/mol. The third-order valence-electron chi connectivity index (χ3n) is 4.05. The van der Waals surface area contributed by atoms with Gasteiger partial charge in [-0.05, 0) is 45.2 Å². The summed E-state index contributed by atoms with van der Waals surface area (Å²) in [6.45, 7) is 9.03. The van der Waals surface area contributed by atoms with Crippen LogP contribution in [0.2, 0.25) is 0 Å². The van der Waals surface area contributed by atoms with Crippen molar-refractivity contribution in [3.8, 4) is 0 Å². The molecule has 0 aromatic carbocycles. The van der Waals surface area contributed by atoms with Crippen LogP contribution in [0.3, 0.4) is 0 Å². The van der Waals surface area contributed by atoms with E-state index in [0.717, 1.165) is 64.7 Å². The maximum Gasteiger partial charge on any atom is 0.234 e. The first-order valence-corrected chi connectivity index (χ1v) is 8.94. The molecule has 0 aromatic heterocycles. The van der Waals surface area contributed by atoms with Crippen LogP contribution in [0, 0.1) is 0 Å². The molecule has 1 saturated heterocycles. The highest BCUT2D eigenvalue weighted by Gasteiger charge is 2.16. The lowest BCUT2D eigenvalue weighted by molar-refractivity contribution is -0.130. The van der Waals surface area contributed by atoms with Crippen molar-refractivity contribution in [2.24, 2.45) is 0 Å². The van der Waals surface area contributed by atoms with E-state index in [0.29, 0.717) is 19.5 Å². The third kappa shape index (κ3) is 7.78. The zero-order chi connectivity index (χ0) is 16.2. The molecule has 0 bridgehead atoms. The topological polar surface area (TPSA) is 52.7 Å². The molecule has 5 nitrogen and oxygen atoms in total. The van der Waals surface area contributed by atoms with Crippen molar-refractivity contribution in [3.63, 3.8) is 0 Å². The molecule has 1 aliphatic rings. The number of rotatable bonds is 10. The normalized spacial score (nSPS) is 16.0. The lowest BCUT2D eigenvalue weighted by atomic mass is 10.2. The lowest BCUT2D eigenvalue weighted by Gasteiger charge is -2.21. The SMILES string of the molecule is CCCN(CCC)CC(=O)NCCCN1CCCCCC1=O. The second-order valence-corrected chi connectivity index (χ2v) is 6.17. The summed E-state index contributed by atoms with van der Waals surface area (Å²) >= 11 is 0. The number of carbonyl (C=O) groups is 2. The second kappa shape index (κ2) is 11.5. The number of nitrogens with zero attached hydrogens (tertiary/aromatic N) is 2. The summed E-state index contributed by atoms with van der Waals surface area (Å²) in [4.78, 5) is 28.0. The molecule has 0 spiro atoms. The van der Waals surface area contributed by atoms with Gasteiger partial charge in [-0.2, -0.15) is 0 Å². The van der Waals surface area contributed by atoms with E-state index in [4.69, 9.17) is 0 Å². The summed E-state index contributed by atoms with van der Waals surface area (Å²) in [5.41, 5.74) is 0. The van der Waals surface area contributed by atoms with Crippen LogP contribution in [0.4, 0.5) is 0 Å². The number of hydrogen-bond donors (Lipinski definition) is 1. The van der Waals surface area contributed by atoms with Gasteiger partial charge in [-0.1, -0.05) is 20.3 Å². The summed E-state index contributed by atoms with van der Waals surface area (Å²) < 4.78 is 0. The van der Waals surface area contributed by atoms with Gasteiger partial charge >= 0.3 is 0 Å². The molecule has 0 aromatic rings. The molecular formula is C17H33N3O2. The van der Waals surface area contributed by atoms with Crippen molar-refractivity contribution >= 4 is 11.8 Å². The van der Waals surface area contributed by atoms with Crippen LogP contribution in [0.15, 0.2) is 0 Å². The second-order valence-electron chi connectivity index (χ2n) is 6.17. The van der Waals surface area contributed by atoms with Gasteiger partial charge in [0.05, 0.1) is 6.54 Å². The molecule has 128 valence electrons. The highest BCUT2D eigenvalue weighted by atomic mass is 16.2. The Bertz CT molecular complexity index is 328. The fourth-order valence-corrected chi connectivity index (χ4v) is 2.93. The number of likely N-dealkylation sites (tertiary alicyclic amines) is 1. The predicted octanol–water partition coefficient (Wildman–Crippen LogP) is 2.02. The Morgan fingerprint density at radius 3 is 2.59 bits per heavy atom. The number of nitrogens with one attached hydrogen (secondary N) is 1. The van der Waals surface area contributed by atoms with E-state index >= 15 is 0 Å². The maximum absolute atomic E-state index is 11.9. The van der Waals surface area contributed by atoms with Gasteiger partial charge < -0.3 is 10.2 Å². The summed E-state index contributed by atoms with van der Waals surface area (Å²) in [6, 6.07) is 0. The Labute approximate surface area is 135 Å². The van der Waals surface area contributed by atoms with E-state index in [9.17, 15) is 9.59 Å². The summed E-state index contributed by atoms with van der Waals surface area (Å²) in [7, 11) is 0. The smallest absolute Gasteiger partial charge is 0.234 e. The zero-order valence-electron chi connectivity index (χ0n) is 14.4. The number of amides is 2. The molecule has 0 atom stereocenters. The van der Waals surface area contributed by atoms with E-state index in [2.05, 4.69) is 24.1 Å². The number of carbonyl (C=O) groups excluding carboxylic acids is 2. The van der Waals surface area contributed by atoms with E-state index in [-0.39, 0.29) is 11.8 Å². The minimum absolute atomic E-state index is 0.101. The molecule has 0 radical (unpaired) electrons. The Balaban J connectivity index is 2.17. The van der Waals surface area contributed by atoms with Crippen LogP contribution in [0.1, 0.15) is 58.8 Å². The summed E-state index contributed by atoms with van der Waals surface area (Å²) in [5, 5.41) is 2.98. The van der Waals surface area contributed by atoms with Crippen molar-refractivity contribution in [3.05, 3.63) is 0 Å². The van der Waals surface area contributed by atoms with E-state index in [1.807, 2.05) is 4.90 Å². The van der Waals surface area contributed by atoms with Crippen molar-refractivity contribution in [2.75, 3.05) is 39.3 Å². The first-order valence-electron chi connectivity index (χ1n) is 8.94. The van der Waals surface area contributed by atoms with Gasteiger partial charge in [0.15, 0.2) is 0 Å². The lowest BCUT2D eigenvalue weighted by Crippen LogP contribution is -2.39. The third-order valence-corrected chi connectivity index (χ3v) is 4.05. The predicted molar refractivity (Wildman–Crippen MR) is 89.7 cm³/mol. The first kappa shape index (κ1) is 18.9. The standard InChI is InChI=1S/C17H33N3O2/c1-3-11-19(12-4-2)15-16(21)18-10-8-14-20-13-7-5-6-9-17(20)22/h3-15H2,1-2H3,(H,18,21). The summed E-state index contributed by atoms with van der Waals surface area (Å²) in [6.07, 6.45) is 6.98. The number of hydrogen-bond acceptors (Lipinski definition) is 3. The highest BCUT2D eigenvalue weighted by molar-refractivity contribution is 5.78. The molecule has 1 heterocycles. The fraction of sp³-hybridized carbons (Fsp3) is 0.882. The molecule has 1 rings (SSSR count). The van der Waals surface area contributed by atoms with E-state index < -0.39 is 0 Å². The Kier molecular flexibility index (Phi) is 9.87. The molecule has 5 heteroatoms. The molecule has 22 heavy (non-hydrogen) atoms. The van der Waals surface area contributed by atoms with Crippen LogP contribution in [-0.4, -0.2) is 60.9 Å². The fourth-order valence-electron chi connectivity index (χ4n) is 2.93. The van der Waals surface area contributed by atoms with Gasteiger partial charge in [-0.25, -0.2) is 0 Å². The van der Waals surface area contributed by atoms with Crippen LogP contribution in [-0.2, 0) is 9.59 Å². The van der Waals surface area contributed by atoms with Gasteiger partial charge in [-0.3, -0.25) is 14.5 Å². The quantitative estimate of drug-likeness (QED) is 0.628. The maximum atomic E-state index is 11.9. The van der Waals surface area contributed by atoms with Gasteiger partial charge in [0.2, 0.25) is 11.8 Å². The van der Waals surface area contributed by atoms with E-state index in [1.54, 1.807) is 0 Å². The Morgan fingerprint density at radius 1 is 1.18 bits per heavy atom. The van der Waals surface area contributed by atoms with Crippen molar-refractivity contribution in [1.82, 2.24) is 15.1 Å². The van der Waals surface area contributed by atoms with Gasteiger partial charge in [-0.15, -0.1) is 0 Å². The molecule has 0 aliphatic carbocycles. The molecule has 0 saturated carbocycles. The molecule has 2 amide bonds. The van der Waals surface area contributed by atoms with Crippen LogP contribution in [0.5, 0.6) is 0 Å². The highest BCUT2D eigenvalue weighted by Crippen LogP contribution is 2.11. The molecule has 1 fully saturated rings. The molecule has 0 unspecified atom stereocenters. The monoisotopic (exact) mass is 311 g/mol. The van der Waals surface area contributed by atoms with Gasteiger partial charge in [0.1, 0.15) is 0 Å². The van der Waals surface area contributed by atoms with Crippen LogP contribution >= 0.6 is 0 Å². The van der Waals surface area contributed by atoms with Crippen molar-refractivity contribution in [1.29, 1.82) is 0 Å². The minimum Gasteiger partial charge on any atom is -0.355 e. The Hall–Kier alpha value is -1.10. The first-order chi connectivity index (χ1) is 10.7. The Morgan fingerprint density at radius 2 is 1.91 bits per heavy atom. The molecule has 1 N–H and O–H groups in total. The summed E-state index contributed by atoms with van der Waals surface area (Å²) in [5.74, 6) is 0.380. The van der Waals surface area contributed by atoms with Crippen LogP contribution < -0.4 is 5.32 Å². The van der Waals surface area contributed by atoms with E-state index in [1.165, 1.54) is 0 Å². The van der Waals surface area contributed by atoms with Crippen LogP contribution in [0.25, 0.3) is 0 Å². The van der Waals surface area contributed by atoms with Gasteiger partial charge in [0.25, 0.3) is 0 Å². The average Bonchev–Trinajstić information content (AvgIpc) is 2.69. The zero-order valence-corrected chi connectivity index (χ0v) is 14.4. The van der Waals surface area contributed by atoms with Gasteiger partial charge in [0, 0.05) is 26.1 Å².